The van der Waals surface area contributed by atoms with Gasteiger partial charge in [-0.3, -0.25) is 9.59 Å². The standard InChI is InChI=1S/C53H60FN9O9/c1-7-70-29(4)46(60-53(67)69-6)50(65)62-19-9-13-40(62)48-56-27-37(58-48)33-22-35(54)44-41-23-34-21-31(36-26-55-47(57-36)39-12-8-18-61(39)49(64)45(28(2)3)59-52(66)68-5)16-17-38(34)63(41)51(72-43(44)25-33)32-15-14-30-11-10-20-71-42(30)24-32/h14-17,21-29,39-40,45-46,51H,7-13,18-20H2,1-6H3,(H,55,57)(H,56,58)(H,59,66)(H,60,67)/t29-,39+,40+,45+,46+,51?/m1/s1. The predicted molar refractivity (Wildman–Crippen MR) is 263 cm³/mol. The van der Waals surface area contributed by atoms with Gasteiger partial charge in [0, 0.05) is 41.8 Å². The average molecular weight is 986 g/mol. The number of imidazole rings is 2. The van der Waals surface area contributed by atoms with Gasteiger partial charge >= 0.3 is 12.2 Å². The largest absolute Gasteiger partial charge is 0.493 e. The number of benzene rings is 3. The molecule has 0 spiro atoms. The number of aromatic nitrogens is 5. The van der Waals surface area contributed by atoms with Gasteiger partial charge in [-0.15, -0.1) is 0 Å². The van der Waals surface area contributed by atoms with Gasteiger partial charge in [0.2, 0.25) is 18.0 Å². The molecule has 3 aromatic heterocycles. The van der Waals surface area contributed by atoms with Crippen molar-refractivity contribution in [2.45, 2.75) is 103 Å². The SMILES string of the molecule is CCO[C@H](C)[C@H](NC(=O)OC)C(=O)N1CCC[C@H]1c1ncc(-c2cc(F)c3c(c2)OC(c2ccc4c(c2)OCCC4)n2c-3cc3cc(-c4cnc([C@@H]5CCCN5C(=O)[C@@H](NC(=O)OC)C(C)C)[nH]4)ccc32)[nH]1. The van der Waals surface area contributed by atoms with E-state index in [9.17, 15) is 19.2 Å². The first-order valence-electron chi connectivity index (χ1n) is 24.8. The second kappa shape index (κ2) is 20.0. The number of hydrogen-bond donors (Lipinski definition) is 4. The number of aryl methyl sites for hydroxylation is 1. The number of carbonyl (C=O) groups excluding carboxylic acids is 4. The smallest absolute Gasteiger partial charge is 0.407 e. The molecular formula is C53H60FN9O9. The Morgan fingerprint density at radius 2 is 1.44 bits per heavy atom. The number of nitrogens with one attached hydrogen (secondary N) is 4. The Morgan fingerprint density at radius 3 is 2.10 bits per heavy atom. The molecule has 4 N–H and O–H groups in total. The lowest BCUT2D eigenvalue weighted by atomic mass is 10.0. The molecule has 4 aliphatic heterocycles. The number of rotatable bonds is 13. The number of fused-ring (bicyclic) bond motifs is 6. The van der Waals surface area contributed by atoms with Crippen LogP contribution >= 0.6 is 0 Å². The van der Waals surface area contributed by atoms with E-state index in [1.54, 1.807) is 29.1 Å². The van der Waals surface area contributed by atoms with Crippen molar-refractivity contribution in [2.75, 3.05) is 40.5 Å². The molecule has 1 unspecified atom stereocenters. The predicted octanol–water partition coefficient (Wildman–Crippen LogP) is 8.35. The second-order valence-corrected chi connectivity index (χ2v) is 19.2. The highest BCUT2D eigenvalue weighted by molar-refractivity contribution is 5.93. The molecule has 0 saturated carbocycles. The lowest BCUT2D eigenvalue weighted by Crippen LogP contribution is -2.54. The zero-order valence-corrected chi connectivity index (χ0v) is 41.3. The molecule has 2 saturated heterocycles. The minimum absolute atomic E-state index is 0.161. The number of nitrogens with zero attached hydrogens (tertiary/aromatic N) is 5. The first-order chi connectivity index (χ1) is 34.8. The Morgan fingerprint density at radius 1 is 0.792 bits per heavy atom. The Bertz CT molecular complexity index is 3040. The molecule has 10 rings (SSSR count). The molecule has 0 radical (unpaired) electrons. The van der Waals surface area contributed by atoms with Crippen molar-refractivity contribution in [2.24, 2.45) is 5.92 Å². The van der Waals surface area contributed by atoms with Gasteiger partial charge in [-0.2, -0.15) is 0 Å². The number of carbonyl (C=O) groups is 4. The maximum absolute atomic E-state index is 17.0. The minimum Gasteiger partial charge on any atom is -0.493 e. The summed E-state index contributed by atoms with van der Waals surface area (Å²) in [6.45, 7) is 9.27. The van der Waals surface area contributed by atoms with E-state index >= 15 is 4.39 Å². The number of likely N-dealkylation sites (tertiary alicyclic amines) is 2. The molecule has 0 bridgehead atoms. The van der Waals surface area contributed by atoms with Gasteiger partial charge in [-0.05, 0) is 100 Å². The van der Waals surface area contributed by atoms with Gasteiger partial charge in [-0.25, -0.2) is 23.9 Å². The molecule has 19 heteroatoms. The number of ether oxygens (including phenoxy) is 5. The number of amides is 4. The van der Waals surface area contributed by atoms with Crippen LogP contribution in [-0.4, -0.2) is 117 Å². The van der Waals surface area contributed by atoms with Crippen molar-refractivity contribution in [1.82, 2.24) is 44.9 Å². The van der Waals surface area contributed by atoms with Crippen LogP contribution in [0.2, 0.25) is 0 Å². The van der Waals surface area contributed by atoms with E-state index in [2.05, 4.69) is 26.7 Å². The molecule has 6 atom stereocenters. The third-order valence-electron chi connectivity index (χ3n) is 14.4. The van der Waals surface area contributed by atoms with Crippen LogP contribution in [0.3, 0.4) is 0 Å². The Kier molecular flexibility index (Phi) is 13.4. The fourth-order valence-corrected chi connectivity index (χ4v) is 10.7. The van der Waals surface area contributed by atoms with Crippen LogP contribution in [0.5, 0.6) is 11.5 Å². The van der Waals surface area contributed by atoms with Crippen molar-refractivity contribution in [3.8, 4) is 45.3 Å². The molecular weight excluding hydrogens is 926 g/mol. The highest BCUT2D eigenvalue weighted by Crippen LogP contribution is 2.48. The molecule has 378 valence electrons. The van der Waals surface area contributed by atoms with Gasteiger partial charge in [0.1, 0.15) is 41.0 Å². The van der Waals surface area contributed by atoms with Gasteiger partial charge in [0.05, 0.1) is 79.6 Å². The number of methoxy groups -OCH3 is 2. The first kappa shape index (κ1) is 48.2. The van der Waals surface area contributed by atoms with Crippen LogP contribution < -0.4 is 20.1 Å². The first-order valence-corrected chi connectivity index (χ1v) is 24.8. The van der Waals surface area contributed by atoms with Crippen molar-refractivity contribution < 1.29 is 47.3 Å². The molecule has 0 aliphatic carbocycles. The van der Waals surface area contributed by atoms with Crippen molar-refractivity contribution in [1.29, 1.82) is 0 Å². The summed E-state index contributed by atoms with van der Waals surface area (Å²) in [5.74, 6) is 1.16. The third kappa shape index (κ3) is 8.98. The summed E-state index contributed by atoms with van der Waals surface area (Å²) in [5.41, 5.74) is 6.35. The number of aromatic amines is 2. The van der Waals surface area contributed by atoms with Crippen molar-refractivity contribution in [3.63, 3.8) is 0 Å². The summed E-state index contributed by atoms with van der Waals surface area (Å²) >= 11 is 0. The van der Waals surface area contributed by atoms with Crippen LogP contribution in [0.15, 0.2) is 67.0 Å². The lowest BCUT2D eigenvalue weighted by Gasteiger charge is -2.31. The fraction of sp³-hybridized carbons (Fsp3) is 0.434. The molecule has 4 amide bonds. The van der Waals surface area contributed by atoms with E-state index in [0.717, 1.165) is 58.3 Å². The van der Waals surface area contributed by atoms with E-state index in [0.29, 0.717) is 85.5 Å². The molecule has 4 aliphatic rings. The average Bonchev–Trinajstić information content (AvgIpc) is 4.25. The Hall–Kier alpha value is -7.41. The number of H-pyrrole nitrogens is 2. The Labute approximate surface area is 415 Å². The summed E-state index contributed by atoms with van der Waals surface area (Å²) in [4.78, 5) is 72.2. The second-order valence-electron chi connectivity index (χ2n) is 19.2. The maximum Gasteiger partial charge on any atom is 0.407 e. The number of halogens is 1. The van der Waals surface area contributed by atoms with Gasteiger partial charge in [0.15, 0.2) is 0 Å². The summed E-state index contributed by atoms with van der Waals surface area (Å²) in [6, 6.07) is 15.0. The monoisotopic (exact) mass is 985 g/mol. The summed E-state index contributed by atoms with van der Waals surface area (Å²) in [7, 11) is 2.52. The van der Waals surface area contributed by atoms with E-state index in [1.807, 2.05) is 67.8 Å². The van der Waals surface area contributed by atoms with Gasteiger partial charge in [0.25, 0.3) is 0 Å². The van der Waals surface area contributed by atoms with Gasteiger partial charge < -0.3 is 58.7 Å². The fourth-order valence-electron chi connectivity index (χ4n) is 10.7. The molecule has 3 aromatic carbocycles. The summed E-state index contributed by atoms with van der Waals surface area (Å²) < 4.78 is 47.5. The van der Waals surface area contributed by atoms with E-state index in [4.69, 9.17) is 33.7 Å². The minimum atomic E-state index is -0.982. The van der Waals surface area contributed by atoms with E-state index in [1.165, 1.54) is 20.3 Å². The molecule has 18 nitrogen and oxygen atoms in total. The van der Waals surface area contributed by atoms with Crippen LogP contribution in [0.25, 0.3) is 44.7 Å². The topological polar surface area (TPSA) is 207 Å². The lowest BCUT2D eigenvalue weighted by molar-refractivity contribution is -0.138. The zero-order chi connectivity index (χ0) is 50.4. The van der Waals surface area contributed by atoms with E-state index in [-0.39, 0.29) is 23.8 Å². The summed E-state index contributed by atoms with van der Waals surface area (Å²) in [6.07, 6.45) is 5.38. The van der Waals surface area contributed by atoms with E-state index < -0.39 is 48.5 Å². The number of alkyl carbamates (subject to hydrolysis) is 2. The summed E-state index contributed by atoms with van der Waals surface area (Å²) in [5, 5.41) is 6.20. The highest BCUT2D eigenvalue weighted by atomic mass is 19.1. The normalized spacial score (nSPS) is 19.4. The Balaban J connectivity index is 0.975. The number of hydrogen-bond acceptors (Lipinski definition) is 11. The van der Waals surface area contributed by atoms with Crippen LogP contribution in [0.4, 0.5) is 14.0 Å². The molecule has 2 fully saturated rings. The van der Waals surface area contributed by atoms with Crippen LogP contribution in [-0.2, 0) is 30.2 Å². The third-order valence-corrected chi connectivity index (χ3v) is 14.4. The molecule has 72 heavy (non-hydrogen) atoms. The van der Waals surface area contributed by atoms with Crippen molar-refractivity contribution >= 4 is 34.9 Å². The zero-order valence-electron chi connectivity index (χ0n) is 41.3. The quantitative estimate of drug-likeness (QED) is 0.0865. The maximum atomic E-state index is 17.0. The van der Waals surface area contributed by atoms with Crippen LogP contribution in [0, 0.1) is 11.7 Å². The highest BCUT2D eigenvalue weighted by Gasteiger charge is 2.41. The van der Waals surface area contributed by atoms with Crippen molar-refractivity contribution in [3.05, 3.63) is 95.6 Å². The molecule has 7 heterocycles. The molecule has 6 aromatic rings. The van der Waals surface area contributed by atoms with Gasteiger partial charge in [-0.1, -0.05) is 32.0 Å². The van der Waals surface area contributed by atoms with Crippen LogP contribution in [0.1, 0.15) is 101 Å².